The fourth-order valence-corrected chi connectivity index (χ4v) is 4.04. The summed E-state index contributed by atoms with van der Waals surface area (Å²) in [5.74, 6) is -1.99. The number of pyridine rings is 1. The summed E-state index contributed by atoms with van der Waals surface area (Å²) in [6, 6.07) is 5.29. The van der Waals surface area contributed by atoms with Gasteiger partial charge in [-0.15, -0.1) is 0 Å². The SMILES string of the molecule is CC(=O)N1CCN(Cc2cccc(NC(=O)[C@H]3CCC[C@@H](C(F)(F)F)C3)n2)CC1. The Morgan fingerprint density at radius 1 is 1.17 bits per heavy atom. The molecule has 0 unspecified atom stereocenters. The Morgan fingerprint density at radius 2 is 1.90 bits per heavy atom. The highest BCUT2D eigenvalue weighted by molar-refractivity contribution is 5.91. The fourth-order valence-electron chi connectivity index (χ4n) is 4.04. The van der Waals surface area contributed by atoms with Gasteiger partial charge in [0.2, 0.25) is 11.8 Å². The second-order valence-electron chi connectivity index (χ2n) is 7.89. The number of hydrogen-bond acceptors (Lipinski definition) is 4. The van der Waals surface area contributed by atoms with Gasteiger partial charge in [-0.05, 0) is 31.4 Å². The summed E-state index contributed by atoms with van der Waals surface area (Å²) >= 11 is 0. The molecule has 1 N–H and O–H groups in total. The molecule has 3 rings (SSSR count). The first-order valence-corrected chi connectivity index (χ1v) is 10.0. The van der Waals surface area contributed by atoms with Crippen molar-refractivity contribution in [2.24, 2.45) is 11.8 Å². The molecule has 1 aromatic rings. The van der Waals surface area contributed by atoms with E-state index in [0.29, 0.717) is 38.3 Å². The van der Waals surface area contributed by atoms with Gasteiger partial charge in [-0.3, -0.25) is 14.5 Å². The Balaban J connectivity index is 1.54. The molecule has 0 bridgehead atoms. The van der Waals surface area contributed by atoms with Crippen LogP contribution in [0.5, 0.6) is 0 Å². The zero-order valence-corrected chi connectivity index (χ0v) is 16.5. The molecule has 1 saturated heterocycles. The van der Waals surface area contributed by atoms with Crippen molar-refractivity contribution < 1.29 is 22.8 Å². The molecule has 9 heteroatoms. The van der Waals surface area contributed by atoms with Gasteiger partial charge in [-0.2, -0.15) is 13.2 Å². The molecule has 1 saturated carbocycles. The van der Waals surface area contributed by atoms with Crippen LogP contribution in [0.15, 0.2) is 18.2 Å². The van der Waals surface area contributed by atoms with E-state index in [2.05, 4.69) is 15.2 Å². The molecule has 0 aromatic carbocycles. The molecule has 2 aliphatic rings. The highest BCUT2D eigenvalue weighted by Gasteiger charge is 2.43. The molecular weight excluding hydrogens is 385 g/mol. The van der Waals surface area contributed by atoms with Crippen LogP contribution in [0.1, 0.15) is 38.3 Å². The summed E-state index contributed by atoms with van der Waals surface area (Å²) in [5, 5.41) is 2.69. The lowest BCUT2D eigenvalue weighted by atomic mass is 9.80. The predicted molar refractivity (Wildman–Crippen MR) is 102 cm³/mol. The molecule has 0 radical (unpaired) electrons. The van der Waals surface area contributed by atoms with Gasteiger partial charge in [0.05, 0.1) is 11.6 Å². The van der Waals surface area contributed by atoms with Gasteiger partial charge in [-0.25, -0.2) is 4.98 Å². The van der Waals surface area contributed by atoms with E-state index in [1.165, 1.54) is 0 Å². The number of aromatic nitrogens is 1. The lowest BCUT2D eigenvalue weighted by Crippen LogP contribution is -2.47. The smallest absolute Gasteiger partial charge is 0.340 e. The van der Waals surface area contributed by atoms with E-state index >= 15 is 0 Å². The lowest BCUT2D eigenvalue weighted by Gasteiger charge is -2.34. The number of alkyl halides is 3. The Morgan fingerprint density at radius 3 is 2.55 bits per heavy atom. The number of halogens is 3. The van der Waals surface area contributed by atoms with E-state index in [-0.39, 0.29) is 18.7 Å². The highest BCUT2D eigenvalue weighted by Crippen LogP contribution is 2.40. The Kier molecular flexibility index (Phi) is 6.77. The molecule has 2 atom stereocenters. The van der Waals surface area contributed by atoms with Gasteiger partial charge < -0.3 is 10.2 Å². The van der Waals surface area contributed by atoms with Crippen LogP contribution in [0.2, 0.25) is 0 Å². The number of amides is 2. The Bertz CT molecular complexity index is 733. The molecule has 1 aliphatic heterocycles. The van der Waals surface area contributed by atoms with Gasteiger partial charge in [0.1, 0.15) is 5.82 Å². The second kappa shape index (κ2) is 9.11. The van der Waals surface area contributed by atoms with Crippen LogP contribution in [0.4, 0.5) is 19.0 Å². The molecule has 1 aliphatic carbocycles. The largest absolute Gasteiger partial charge is 0.391 e. The molecule has 160 valence electrons. The van der Waals surface area contributed by atoms with Gasteiger partial charge in [0.15, 0.2) is 0 Å². The average molecular weight is 412 g/mol. The maximum Gasteiger partial charge on any atom is 0.391 e. The lowest BCUT2D eigenvalue weighted by molar-refractivity contribution is -0.185. The zero-order valence-electron chi connectivity index (χ0n) is 16.5. The summed E-state index contributed by atoms with van der Waals surface area (Å²) in [6.45, 7) is 5.00. The van der Waals surface area contributed by atoms with Crippen LogP contribution >= 0.6 is 0 Å². The van der Waals surface area contributed by atoms with Crippen molar-refractivity contribution in [3.63, 3.8) is 0 Å². The number of hydrogen-bond donors (Lipinski definition) is 1. The number of carbonyl (C=O) groups excluding carboxylic acids is 2. The van der Waals surface area contributed by atoms with E-state index in [1.807, 2.05) is 6.07 Å². The molecule has 29 heavy (non-hydrogen) atoms. The molecule has 2 amide bonds. The third-order valence-electron chi connectivity index (χ3n) is 5.77. The maximum atomic E-state index is 13.0. The monoisotopic (exact) mass is 412 g/mol. The number of nitrogens with one attached hydrogen (secondary N) is 1. The zero-order chi connectivity index (χ0) is 21.0. The van der Waals surface area contributed by atoms with Crippen molar-refractivity contribution in [1.82, 2.24) is 14.8 Å². The molecule has 0 spiro atoms. The van der Waals surface area contributed by atoms with E-state index in [0.717, 1.165) is 18.8 Å². The second-order valence-corrected chi connectivity index (χ2v) is 7.89. The van der Waals surface area contributed by atoms with Gasteiger partial charge in [-0.1, -0.05) is 12.5 Å². The molecular formula is C20H27F3N4O2. The first-order valence-electron chi connectivity index (χ1n) is 10.0. The first kappa shape index (κ1) is 21.5. The van der Waals surface area contributed by atoms with Crippen LogP contribution < -0.4 is 5.32 Å². The standard InChI is InChI=1S/C20H27F3N4O2/c1-14(28)27-10-8-26(9-11-27)13-17-6-3-7-18(24-17)25-19(29)15-4-2-5-16(12-15)20(21,22)23/h3,6-7,15-16H,2,4-5,8-13H2,1H3,(H,24,25,29)/t15-,16+/m0/s1. The van der Waals surface area contributed by atoms with Crippen LogP contribution in [0.3, 0.4) is 0 Å². The van der Waals surface area contributed by atoms with Crippen molar-refractivity contribution >= 4 is 17.6 Å². The number of nitrogens with zero attached hydrogens (tertiary/aromatic N) is 3. The van der Waals surface area contributed by atoms with Crippen LogP contribution in [-0.2, 0) is 16.1 Å². The maximum absolute atomic E-state index is 13.0. The summed E-state index contributed by atoms with van der Waals surface area (Å²) in [7, 11) is 0. The van der Waals surface area contributed by atoms with Crippen molar-refractivity contribution in [3.8, 4) is 0 Å². The topological polar surface area (TPSA) is 65.5 Å². The molecule has 1 aromatic heterocycles. The van der Waals surface area contributed by atoms with Gasteiger partial charge in [0.25, 0.3) is 0 Å². The van der Waals surface area contributed by atoms with Crippen LogP contribution in [0, 0.1) is 11.8 Å². The van der Waals surface area contributed by atoms with E-state index < -0.39 is 23.9 Å². The van der Waals surface area contributed by atoms with Crippen molar-refractivity contribution in [1.29, 1.82) is 0 Å². The Hall–Kier alpha value is -2.16. The summed E-state index contributed by atoms with van der Waals surface area (Å²) in [6.07, 6.45) is -3.43. The van der Waals surface area contributed by atoms with Crippen molar-refractivity contribution in [3.05, 3.63) is 23.9 Å². The fraction of sp³-hybridized carbons (Fsp3) is 0.650. The van der Waals surface area contributed by atoms with Gasteiger partial charge >= 0.3 is 6.18 Å². The van der Waals surface area contributed by atoms with Crippen molar-refractivity contribution in [2.75, 3.05) is 31.5 Å². The summed E-state index contributed by atoms with van der Waals surface area (Å²) < 4.78 is 38.9. The summed E-state index contributed by atoms with van der Waals surface area (Å²) in [5.41, 5.74) is 0.774. The van der Waals surface area contributed by atoms with Crippen LogP contribution in [0.25, 0.3) is 0 Å². The Labute approximate surface area is 168 Å². The third-order valence-corrected chi connectivity index (χ3v) is 5.77. The minimum atomic E-state index is -4.25. The van der Waals surface area contributed by atoms with Crippen molar-refractivity contribution in [2.45, 2.75) is 45.3 Å². The molecule has 6 nitrogen and oxygen atoms in total. The quantitative estimate of drug-likeness (QED) is 0.826. The van der Waals surface area contributed by atoms with E-state index in [1.54, 1.807) is 24.0 Å². The highest BCUT2D eigenvalue weighted by atomic mass is 19.4. The van der Waals surface area contributed by atoms with E-state index in [9.17, 15) is 22.8 Å². The van der Waals surface area contributed by atoms with E-state index in [4.69, 9.17) is 0 Å². The minimum absolute atomic E-state index is 0.0722. The number of anilines is 1. The van der Waals surface area contributed by atoms with Crippen LogP contribution in [-0.4, -0.2) is 59.0 Å². The normalized spacial score (nSPS) is 23.7. The molecule has 2 heterocycles. The predicted octanol–water partition coefficient (Wildman–Crippen LogP) is 3.05. The summed E-state index contributed by atoms with van der Waals surface area (Å²) in [4.78, 5) is 32.3. The minimum Gasteiger partial charge on any atom is -0.340 e. The van der Waals surface area contributed by atoms with Gasteiger partial charge in [0, 0.05) is 45.6 Å². The third kappa shape index (κ3) is 5.91. The first-order chi connectivity index (χ1) is 13.7. The average Bonchev–Trinajstić information content (AvgIpc) is 2.68. The number of carbonyl (C=O) groups is 2. The number of rotatable bonds is 4. The number of piperazine rings is 1. The molecule has 2 fully saturated rings.